The molecule has 2 nitrogen and oxygen atoms in total. The van der Waals surface area contributed by atoms with Crippen molar-refractivity contribution in [1.82, 2.24) is 0 Å². The molecule has 0 bridgehead atoms. The van der Waals surface area contributed by atoms with Crippen molar-refractivity contribution in [3.8, 4) is 0 Å². The van der Waals surface area contributed by atoms with E-state index in [0.717, 1.165) is 19.3 Å². The Morgan fingerprint density at radius 3 is 2.12 bits per heavy atom. The number of hydrogen-bond acceptors (Lipinski definition) is 2. The van der Waals surface area contributed by atoms with Crippen LogP contribution >= 0.6 is 0 Å². The van der Waals surface area contributed by atoms with Gasteiger partial charge in [0, 0.05) is 13.7 Å². The van der Waals surface area contributed by atoms with Gasteiger partial charge in [0.15, 0.2) is 0 Å². The summed E-state index contributed by atoms with van der Waals surface area (Å²) in [6.45, 7) is 7.18. The number of ether oxygens (including phenoxy) is 1. The van der Waals surface area contributed by atoms with Crippen LogP contribution in [0.3, 0.4) is 0 Å². The van der Waals surface area contributed by atoms with Crippen LogP contribution in [0.4, 0.5) is 0 Å². The van der Waals surface area contributed by atoms with Gasteiger partial charge in [0.05, 0.1) is 6.10 Å². The number of hydrogen-bond donors (Lipinski definition) is 1. The number of rotatable bonds is 9. The van der Waals surface area contributed by atoms with Gasteiger partial charge in [-0.05, 0) is 31.1 Å². The van der Waals surface area contributed by atoms with Gasteiger partial charge in [-0.25, -0.2) is 0 Å². The number of unbranched alkanes of at least 4 members (excludes halogenated alkanes) is 2. The van der Waals surface area contributed by atoms with Crippen molar-refractivity contribution >= 4 is 0 Å². The van der Waals surface area contributed by atoms with Crippen molar-refractivity contribution in [2.24, 2.45) is 5.41 Å². The molecule has 1 atom stereocenters. The Labute approximate surface area is 101 Å². The summed E-state index contributed by atoms with van der Waals surface area (Å²) >= 11 is 0. The summed E-state index contributed by atoms with van der Waals surface area (Å²) in [4.78, 5) is 0. The maximum Gasteiger partial charge on any atom is 0.0571 e. The average Bonchev–Trinajstić information content (AvgIpc) is 2.20. The maximum atomic E-state index is 8.69. The maximum absolute atomic E-state index is 8.69. The second-order valence-electron chi connectivity index (χ2n) is 5.88. The third kappa shape index (κ3) is 10.4. The van der Waals surface area contributed by atoms with Gasteiger partial charge in [0.2, 0.25) is 0 Å². The quantitative estimate of drug-likeness (QED) is 0.611. The van der Waals surface area contributed by atoms with Crippen molar-refractivity contribution in [3.05, 3.63) is 0 Å². The first-order valence-electron chi connectivity index (χ1n) is 6.63. The molecule has 2 heteroatoms. The van der Waals surface area contributed by atoms with E-state index < -0.39 is 0 Å². The zero-order valence-electron chi connectivity index (χ0n) is 11.6. The minimum Gasteiger partial charge on any atom is -0.396 e. The molecule has 0 radical (unpaired) electrons. The van der Waals surface area contributed by atoms with Gasteiger partial charge in [0.25, 0.3) is 0 Å². The molecule has 0 aliphatic carbocycles. The standard InChI is InChI=1S/C14H30O2/c1-14(2,3)11-8-10-13(16-4)9-6-5-7-12-15/h13,15H,5-12H2,1-4H3/t13-/m0/s1. The number of aliphatic hydroxyl groups excluding tert-OH is 1. The van der Waals surface area contributed by atoms with E-state index in [1.54, 1.807) is 0 Å². The smallest absolute Gasteiger partial charge is 0.0571 e. The summed E-state index contributed by atoms with van der Waals surface area (Å²) < 4.78 is 5.48. The Kier molecular flexibility index (Phi) is 8.96. The summed E-state index contributed by atoms with van der Waals surface area (Å²) in [5.41, 5.74) is 0.440. The van der Waals surface area contributed by atoms with Gasteiger partial charge < -0.3 is 9.84 Å². The summed E-state index contributed by atoms with van der Waals surface area (Å²) in [5.74, 6) is 0. The Bertz CT molecular complexity index is 149. The third-order valence-corrected chi connectivity index (χ3v) is 2.97. The molecular weight excluding hydrogens is 200 g/mol. The summed E-state index contributed by atoms with van der Waals surface area (Å²) in [6.07, 6.45) is 8.47. The Balaban J connectivity index is 3.51. The molecule has 0 heterocycles. The zero-order valence-corrected chi connectivity index (χ0v) is 11.6. The van der Waals surface area contributed by atoms with Crippen LogP contribution in [-0.4, -0.2) is 24.9 Å². The fourth-order valence-electron chi connectivity index (χ4n) is 1.90. The molecule has 1 N–H and O–H groups in total. The molecule has 0 spiro atoms. The van der Waals surface area contributed by atoms with E-state index >= 15 is 0 Å². The van der Waals surface area contributed by atoms with E-state index in [2.05, 4.69) is 20.8 Å². The molecule has 98 valence electrons. The molecule has 0 rings (SSSR count). The van der Waals surface area contributed by atoms with Crippen molar-refractivity contribution < 1.29 is 9.84 Å². The monoisotopic (exact) mass is 230 g/mol. The van der Waals surface area contributed by atoms with Crippen molar-refractivity contribution in [1.29, 1.82) is 0 Å². The molecule has 0 fully saturated rings. The van der Waals surface area contributed by atoms with E-state index in [4.69, 9.17) is 9.84 Å². The first-order chi connectivity index (χ1) is 7.49. The van der Waals surface area contributed by atoms with Crippen LogP contribution < -0.4 is 0 Å². The van der Waals surface area contributed by atoms with Gasteiger partial charge in [-0.3, -0.25) is 0 Å². The van der Waals surface area contributed by atoms with Crippen molar-refractivity contribution in [3.63, 3.8) is 0 Å². The number of aliphatic hydroxyl groups is 1. The highest BCUT2D eigenvalue weighted by Gasteiger charge is 2.12. The topological polar surface area (TPSA) is 29.5 Å². The summed E-state index contributed by atoms with van der Waals surface area (Å²) in [5, 5.41) is 8.69. The van der Waals surface area contributed by atoms with Gasteiger partial charge in [-0.15, -0.1) is 0 Å². The normalized spacial score (nSPS) is 14.1. The molecule has 0 aromatic carbocycles. The minimum atomic E-state index is 0.321. The Morgan fingerprint density at radius 1 is 1.00 bits per heavy atom. The molecule has 0 amide bonds. The van der Waals surface area contributed by atoms with Crippen molar-refractivity contribution in [2.45, 2.75) is 71.8 Å². The second-order valence-corrected chi connectivity index (χ2v) is 5.88. The van der Waals surface area contributed by atoms with E-state index in [0.29, 0.717) is 18.1 Å². The highest BCUT2D eigenvalue weighted by Crippen LogP contribution is 2.23. The molecule has 0 aromatic heterocycles. The van der Waals surface area contributed by atoms with E-state index in [1.165, 1.54) is 25.7 Å². The lowest BCUT2D eigenvalue weighted by Gasteiger charge is -2.20. The second kappa shape index (κ2) is 9.00. The molecule has 0 unspecified atom stereocenters. The highest BCUT2D eigenvalue weighted by molar-refractivity contribution is 4.65. The third-order valence-electron chi connectivity index (χ3n) is 2.97. The van der Waals surface area contributed by atoms with Gasteiger partial charge in [-0.2, -0.15) is 0 Å². The van der Waals surface area contributed by atoms with Crippen LogP contribution in [0.2, 0.25) is 0 Å². The lowest BCUT2D eigenvalue weighted by Crippen LogP contribution is -2.12. The SMILES string of the molecule is CO[C@@H](CCCCCO)CCCC(C)(C)C. The first kappa shape index (κ1) is 15.9. The van der Waals surface area contributed by atoms with Crippen LogP contribution in [0.5, 0.6) is 0 Å². The molecule has 0 aliphatic heterocycles. The molecule has 0 saturated carbocycles. The van der Waals surface area contributed by atoms with Crippen LogP contribution in [-0.2, 0) is 4.74 Å². The van der Waals surface area contributed by atoms with Crippen molar-refractivity contribution in [2.75, 3.05) is 13.7 Å². The van der Waals surface area contributed by atoms with Crippen LogP contribution in [0.1, 0.15) is 65.7 Å². The van der Waals surface area contributed by atoms with Crippen LogP contribution in [0.25, 0.3) is 0 Å². The highest BCUT2D eigenvalue weighted by atomic mass is 16.5. The summed E-state index contributed by atoms with van der Waals surface area (Å²) in [7, 11) is 1.81. The predicted molar refractivity (Wildman–Crippen MR) is 69.7 cm³/mol. The molecule has 0 saturated heterocycles. The predicted octanol–water partition coefficient (Wildman–Crippen LogP) is 3.77. The fourth-order valence-corrected chi connectivity index (χ4v) is 1.90. The Hall–Kier alpha value is -0.0800. The van der Waals surface area contributed by atoms with E-state index in [9.17, 15) is 0 Å². The first-order valence-corrected chi connectivity index (χ1v) is 6.63. The Morgan fingerprint density at radius 2 is 1.62 bits per heavy atom. The van der Waals surface area contributed by atoms with Crippen LogP contribution in [0.15, 0.2) is 0 Å². The lowest BCUT2D eigenvalue weighted by atomic mass is 9.89. The van der Waals surface area contributed by atoms with Gasteiger partial charge in [-0.1, -0.05) is 40.0 Å². The van der Waals surface area contributed by atoms with Crippen LogP contribution in [0, 0.1) is 5.41 Å². The fraction of sp³-hybridized carbons (Fsp3) is 1.00. The van der Waals surface area contributed by atoms with Gasteiger partial charge >= 0.3 is 0 Å². The molecule has 0 aliphatic rings. The lowest BCUT2D eigenvalue weighted by molar-refractivity contribution is 0.0805. The minimum absolute atomic E-state index is 0.321. The van der Waals surface area contributed by atoms with Gasteiger partial charge in [0.1, 0.15) is 0 Å². The summed E-state index contributed by atoms with van der Waals surface area (Å²) in [6, 6.07) is 0. The molecule has 16 heavy (non-hydrogen) atoms. The average molecular weight is 230 g/mol. The molecule has 0 aromatic rings. The molecular formula is C14H30O2. The van der Waals surface area contributed by atoms with E-state index in [-0.39, 0.29) is 0 Å². The zero-order chi connectivity index (χ0) is 12.4. The largest absolute Gasteiger partial charge is 0.396 e. The number of methoxy groups -OCH3 is 1. The van der Waals surface area contributed by atoms with E-state index in [1.807, 2.05) is 7.11 Å².